The lowest BCUT2D eigenvalue weighted by Crippen LogP contribution is -2.08. The largest absolute Gasteiger partial charge is 0.477 e. The molecule has 0 radical (unpaired) electrons. The average Bonchev–Trinajstić information content (AvgIpc) is 2.85. The summed E-state index contributed by atoms with van der Waals surface area (Å²) in [6.07, 6.45) is -0.185. The molecule has 0 saturated heterocycles. The van der Waals surface area contributed by atoms with Crippen LogP contribution in [0.2, 0.25) is 0 Å². The molecule has 0 aliphatic heterocycles. The first-order valence-electron chi connectivity index (χ1n) is 6.36. The first kappa shape index (κ1) is 14.7. The van der Waals surface area contributed by atoms with E-state index in [1.807, 2.05) is 44.2 Å². The molecule has 1 heterocycles. The lowest BCUT2D eigenvalue weighted by Gasteiger charge is -2.15. The zero-order chi connectivity index (χ0) is 14.7. The molecule has 0 bridgehead atoms. The number of aromatic nitrogens is 1. The van der Waals surface area contributed by atoms with E-state index in [9.17, 15) is 9.90 Å². The summed E-state index contributed by atoms with van der Waals surface area (Å²) in [4.78, 5) is 16.2. The maximum atomic E-state index is 11.4. The minimum Gasteiger partial charge on any atom is -0.477 e. The van der Waals surface area contributed by atoms with Crippen LogP contribution in [0.5, 0.6) is 0 Å². The zero-order valence-electron chi connectivity index (χ0n) is 11.7. The number of carboxylic acids is 1. The molecule has 0 aliphatic rings. The van der Waals surface area contributed by atoms with Gasteiger partial charge >= 0.3 is 5.97 Å². The number of benzene rings is 1. The van der Waals surface area contributed by atoms with E-state index in [0.717, 1.165) is 5.56 Å². The number of hydrogen-bond donors (Lipinski definition) is 1. The summed E-state index contributed by atoms with van der Waals surface area (Å²) in [6.45, 7) is 4.05. The third kappa shape index (κ3) is 2.89. The summed E-state index contributed by atoms with van der Waals surface area (Å²) >= 11 is 1.19. The zero-order valence-corrected chi connectivity index (χ0v) is 12.5. The van der Waals surface area contributed by atoms with Crippen LogP contribution in [0.3, 0.4) is 0 Å². The van der Waals surface area contributed by atoms with Crippen molar-refractivity contribution in [3.05, 3.63) is 40.2 Å². The summed E-state index contributed by atoms with van der Waals surface area (Å²) < 4.78 is 5.44. The van der Waals surface area contributed by atoms with Crippen molar-refractivity contribution in [3.63, 3.8) is 0 Å². The van der Waals surface area contributed by atoms with Gasteiger partial charge in [-0.3, -0.25) is 0 Å². The van der Waals surface area contributed by atoms with E-state index in [-0.39, 0.29) is 16.9 Å². The van der Waals surface area contributed by atoms with Gasteiger partial charge in [-0.15, -0.1) is 11.3 Å². The normalized spacial score (nSPS) is 12.6. The number of hydrogen-bond acceptors (Lipinski definition) is 4. The Morgan fingerprint density at radius 1 is 1.30 bits per heavy atom. The first-order valence-corrected chi connectivity index (χ1v) is 7.18. The van der Waals surface area contributed by atoms with Crippen LogP contribution in [0.1, 0.15) is 34.6 Å². The number of carboxylic acid groups (broad SMARTS) is 1. The predicted molar refractivity (Wildman–Crippen MR) is 79.1 cm³/mol. The quantitative estimate of drug-likeness (QED) is 0.909. The van der Waals surface area contributed by atoms with Gasteiger partial charge in [-0.1, -0.05) is 44.2 Å². The summed E-state index contributed by atoms with van der Waals surface area (Å²) in [5, 5.41) is 10.1. The highest BCUT2D eigenvalue weighted by Gasteiger charge is 2.25. The van der Waals surface area contributed by atoms with Gasteiger partial charge in [-0.05, 0) is 5.92 Å². The Hall–Kier alpha value is -1.72. The van der Waals surface area contributed by atoms with Gasteiger partial charge in [0, 0.05) is 12.7 Å². The standard InChI is InChI=1S/C15H17NO3S/c1-9(2)12(19-3)14-16-11(13(20-14)15(17)18)10-7-5-4-6-8-10/h4-9,12H,1-3H3,(H,17,18). The van der Waals surface area contributed by atoms with E-state index >= 15 is 0 Å². The molecule has 106 valence electrons. The van der Waals surface area contributed by atoms with Crippen LogP contribution in [0.25, 0.3) is 11.3 Å². The van der Waals surface area contributed by atoms with Crippen LogP contribution < -0.4 is 0 Å². The Labute approximate surface area is 122 Å². The molecule has 2 rings (SSSR count). The van der Waals surface area contributed by atoms with Crippen molar-refractivity contribution >= 4 is 17.3 Å². The van der Waals surface area contributed by atoms with E-state index < -0.39 is 5.97 Å². The third-order valence-corrected chi connectivity index (χ3v) is 4.09. The van der Waals surface area contributed by atoms with E-state index in [4.69, 9.17) is 4.74 Å². The molecule has 1 unspecified atom stereocenters. The van der Waals surface area contributed by atoms with Crippen LogP contribution in [-0.2, 0) is 4.74 Å². The number of aromatic carboxylic acids is 1. The molecule has 1 aromatic heterocycles. The SMILES string of the molecule is COC(c1nc(-c2ccccc2)c(C(=O)O)s1)C(C)C. The Balaban J connectivity index is 2.52. The van der Waals surface area contributed by atoms with Gasteiger partial charge in [0.2, 0.25) is 0 Å². The minimum atomic E-state index is -0.953. The highest BCUT2D eigenvalue weighted by molar-refractivity contribution is 7.14. The fraction of sp³-hybridized carbons (Fsp3) is 0.333. The monoisotopic (exact) mass is 291 g/mol. The van der Waals surface area contributed by atoms with Crippen molar-refractivity contribution in [2.45, 2.75) is 20.0 Å². The van der Waals surface area contributed by atoms with Crippen molar-refractivity contribution in [2.24, 2.45) is 5.92 Å². The van der Waals surface area contributed by atoms with Crippen LogP contribution in [-0.4, -0.2) is 23.2 Å². The fourth-order valence-corrected chi connectivity index (χ4v) is 3.23. The summed E-state index contributed by atoms with van der Waals surface area (Å²) in [5.41, 5.74) is 1.33. The predicted octanol–water partition coefficient (Wildman–Crippen LogP) is 3.85. The smallest absolute Gasteiger partial charge is 0.348 e. The lowest BCUT2D eigenvalue weighted by molar-refractivity contribution is 0.0645. The van der Waals surface area contributed by atoms with Crippen molar-refractivity contribution in [1.82, 2.24) is 4.98 Å². The van der Waals surface area contributed by atoms with Gasteiger partial charge in [0.05, 0.1) is 5.69 Å². The lowest BCUT2D eigenvalue weighted by atomic mass is 10.1. The molecule has 1 atom stereocenters. The maximum absolute atomic E-state index is 11.4. The average molecular weight is 291 g/mol. The Kier molecular flexibility index (Phi) is 4.52. The van der Waals surface area contributed by atoms with Gasteiger partial charge < -0.3 is 9.84 Å². The van der Waals surface area contributed by atoms with Gasteiger partial charge in [0.1, 0.15) is 16.0 Å². The molecule has 0 fully saturated rings. The van der Waals surface area contributed by atoms with E-state index in [1.54, 1.807) is 7.11 Å². The Morgan fingerprint density at radius 2 is 1.95 bits per heavy atom. The van der Waals surface area contributed by atoms with Crippen molar-refractivity contribution in [1.29, 1.82) is 0 Å². The molecule has 5 heteroatoms. The molecule has 1 N–H and O–H groups in total. The van der Waals surface area contributed by atoms with Gasteiger partial charge in [0.25, 0.3) is 0 Å². The number of carbonyl (C=O) groups is 1. The number of ether oxygens (including phenoxy) is 1. The number of thiazole rings is 1. The topological polar surface area (TPSA) is 59.4 Å². The number of methoxy groups -OCH3 is 1. The molecule has 0 amide bonds. The van der Waals surface area contributed by atoms with Crippen LogP contribution in [0, 0.1) is 5.92 Å². The fourth-order valence-electron chi connectivity index (χ4n) is 2.05. The minimum absolute atomic E-state index is 0.185. The Morgan fingerprint density at radius 3 is 2.45 bits per heavy atom. The highest BCUT2D eigenvalue weighted by atomic mass is 32.1. The first-order chi connectivity index (χ1) is 9.54. The van der Waals surface area contributed by atoms with Crippen LogP contribution >= 0.6 is 11.3 Å². The molecule has 4 nitrogen and oxygen atoms in total. The van der Waals surface area contributed by atoms with E-state index in [0.29, 0.717) is 10.7 Å². The van der Waals surface area contributed by atoms with Crippen LogP contribution in [0.4, 0.5) is 0 Å². The summed E-state index contributed by atoms with van der Waals surface area (Å²) in [6, 6.07) is 9.36. The third-order valence-electron chi connectivity index (χ3n) is 2.99. The summed E-state index contributed by atoms with van der Waals surface area (Å²) in [7, 11) is 1.62. The van der Waals surface area contributed by atoms with Crippen molar-refractivity contribution in [3.8, 4) is 11.3 Å². The second kappa shape index (κ2) is 6.15. The van der Waals surface area contributed by atoms with Crippen molar-refractivity contribution in [2.75, 3.05) is 7.11 Å². The van der Waals surface area contributed by atoms with Gasteiger partial charge in [-0.25, -0.2) is 9.78 Å². The molecule has 1 aromatic carbocycles. The van der Waals surface area contributed by atoms with Crippen LogP contribution in [0.15, 0.2) is 30.3 Å². The van der Waals surface area contributed by atoms with Gasteiger partial charge in [-0.2, -0.15) is 0 Å². The summed E-state index contributed by atoms with van der Waals surface area (Å²) in [5.74, 6) is -0.720. The Bertz CT molecular complexity index is 592. The molecule has 0 aliphatic carbocycles. The highest BCUT2D eigenvalue weighted by Crippen LogP contribution is 2.35. The molecule has 2 aromatic rings. The number of nitrogens with zero attached hydrogens (tertiary/aromatic N) is 1. The maximum Gasteiger partial charge on any atom is 0.348 e. The molecular weight excluding hydrogens is 274 g/mol. The molecular formula is C15H17NO3S. The number of rotatable bonds is 5. The molecule has 0 saturated carbocycles. The molecule has 20 heavy (non-hydrogen) atoms. The van der Waals surface area contributed by atoms with E-state index in [2.05, 4.69) is 4.98 Å². The molecule has 0 spiro atoms. The van der Waals surface area contributed by atoms with Crippen molar-refractivity contribution < 1.29 is 14.6 Å². The second-order valence-corrected chi connectivity index (χ2v) is 5.83. The second-order valence-electron chi connectivity index (χ2n) is 4.80. The van der Waals surface area contributed by atoms with E-state index in [1.165, 1.54) is 11.3 Å². The van der Waals surface area contributed by atoms with Gasteiger partial charge in [0.15, 0.2) is 0 Å².